The van der Waals surface area contributed by atoms with Crippen molar-refractivity contribution in [2.24, 2.45) is 0 Å². The third kappa shape index (κ3) is 3.77. The Kier molecular flexibility index (Phi) is 4.99. The normalized spacial score (nSPS) is 13.9. The zero-order valence-corrected chi connectivity index (χ0v) is 9.40. The van der Waals surface area contributed by atoms with Crippen LogP contribution >= 0.6 is 0 Å². The minimum atomic E-state index is -0.116. The molecule has 3 nitrogen and oxygen atoms in total. The lowest BCUT2D eigenvalue weighted by Crippen LogP contribution is -2.51. The van der Waals surface area contributed by atoms with E-state index in [1.54, 1.807) is 7.05 Å². The molecule has 3 heteroatoms. The molecular weight excluding hydrogens is 164 g/mol. The van der Waals surface area contributed by atoms with E-state index in [0.717, 1.165) is 12.8 Å². The van der Waals surface area contributed by atoms with Gasteiger partial charge in [-0.2, -0.15) is 0 Å². The highest BCUT2D eigenvalue weighted by atomic mass is 16.2. The smallest absolute Gasteiger partial charge is 0.236 e. The topological polar surface area (TPSA) is 41.1 Å². The molecule has 0 rings (SSSR count). The van der Waals surface area contributed by atoms with Gasteiger partial charge in [-0.3, -0.25) is 4.79 Å². The quantitative estimate of drug-likeness (QED) is 0.679. The van der Waals surface area contributed by atoms with Crippen LogP contribution in [0.3, 0.4) is 0 Å². The second-order valence-electron chi connectivity index (χ2n) is 3.75. The van der Waals surface area contributed by atoms with Gasteiger partial charge in [-0.25, -0.2) is 0 Å². The molecule has 0 aliphatic heterocycles. The Morgan fingerprint density at radius 1 is 1.38 bits per heavy atom. The second-order valence-corrected chi connectivity index (χ2v) is 3.75. The number of carbonyl (C=O) groups is 1. The third-order valence-corrected chi connectivity index (χ3v) is 2.77. The van der Waals surface area contributed by atoms with Crippen LogP contribution in [-0.4, -0.2) is 24.5 Å². The van der Waals surface area contributed by atoms with Crippen molar-refractivity contribution < 1.29 is 4.79 Å². The molecule has 1 unspecified atom stereocenters. The van der Waals surface area contributed by atoms with Gasteiger partial charge in [0.25, 0.3) is 0 Å². The molecule has 0 saturated carbocycles. The van der Waals surface area contributed by atoms with E-state index >= 15 is 0 Å². The predicted molar refractivity (Wildman–Crippen MR) is 55.7 cm³/mol. The molecule has 0 radical (unpaired) electrons. The van der Waals surface area contributed by atoms with Crippen molar-refractivity contribution in [2.45, 2.75) is 52.1 Å². The lowest BCUT2D eigenvalue weighted by molar-refractivity contribution is -0.122. The Hall–Kier alpha value is -0.570. The van der Waals surface area contributed by atoms with Crippen LogP contribution in [0.1, 0.15) is 40.5 Å². The first-order valence-corrected chi connectivity index (χ1v) is 4.98. The molecule has 0 aromatic carbocycles. The van der Waals surface area contributed by atoms with Gasteiger partial charge in [-0.15, -0.1) is 0 Å². The van der Waals surface area contributed by atoms with Crippen LogP contribution in [-0.2, 0) is 4.79 Å². The van der Waals surface area contributed by atoms with Crippen molar-refractivity contribution in [1.82, 2.24) is 10.6 Å². The number of nitrogens with one attached hydrogen (secondary N) is 2. The van der Waals surface area contributed by atoms with Crippen LogP contribution < -0.4 is 10.6 Å². The van der Waals surface area contributed by atoms with Crippen molar-refractivity contribution in [3.05, 3.63) is 0 Å². The van der Waals surface area contributed by atoms with Gasteiger partial charge in [-0.1, -0.05) is 13.8 Å². The molecule has 0 aliphatic rings. The van der Waals surface area contributed by atoms with Crippen LogP contribution in [0.5, 0.6) is 0 Å². The highest BCUT2D eigenvalue weighted by Gasteiger charge is 2.23. The summed E-state index contributed by atoms with van der Waals surface area (Å²) in [7, 11) is 1.66. The highest BCUT2D eigenvalue weighted by Crippen LogP contribution is 2.14. The predicted octanol–water partition coefficient (Wildman–Crippen LogP) is 1.29. The van der Waals surface area contributed by atoms with Gasteiger partial charge in [0, 0.05) is 12.6 Å². The first-order chi connectivity index (χ1) is 5.99. The van der Waals surface area contributed by atoms with E-state index in [2.05, 4.69) is 31.4 Å². The fourth-order valence-electron chi connectivity index (χ4n) is 1.26. The van der Waals surface area contributed by atoms with Crippen molar-refractivity contribution in [3.63, 3.8) is 0 Å². The summed E-state index contributed by atoms with van der Waals surface area (Å²) < 4.78 is 0. The first-order valence-electron chi connectivity index (χ1n) is 4.98. The van der Waals surface area contributed by atoms with E-state index in [4.69, 9.17) is 0 Å². The molecule has 0 aromatic heterocycles. The minimum absolute atomic E-state index is 0.0492. The van der Waals surface area contributed by atoms with Crippen molar-refractivity contribution in [2.75, 3.05) is 7.05 Å². The molecular formula is C10H22N2O. The van der Waals surface area contributed by atoms with E-state index in [1.807, 2.05) is 6.92 Å². The SMILES string of the molecule is CCC(C)(CC)NC(C)C(=O)NC. The maximum atomic E-state index is 11.2. The number of hydrogen-bond donors (Lipinski definition) is 2. The van der Waals surface area contributed by atoms with Crippen LogP contribution in [0, 0.1) is 0 Å². The molecule has 1 atom stereocenters. The monoisotopic (exact) mass is 186 g/mol. The summed E-state index contributed by atoms with van der Waals surface area (Å²) in [5.41, 5.74) is 0.0753. The number of carbonyl (C=O) groups excluding carboxylic acids is 1. The fraction of sp³-hybridized carbons (Fsp3) is 0.900. The Labute approximate surface area is 81.3 Å². The van der Waals surface area contributed by atoms with Gasteiger partial charge >= 0.3 is 0 Å². The van der Waals surface area contributed by atoms with Crippen molar-refractivity contribution >= 4 is 5.91 Å². The highest BCUT2D eigenvalue weighted by molar-refractivity contribution is 5.81. The molecule has 0 aliphatic carbocycles. The minimum Gasteiger partial charge on any atom is -0.358 e. The average Bonchev–Trinajstić information content (AvgIpc) is 2.16. The molecule has 0 saturated heterocycles. The van der Waals surface area contributed by atoms with Crippen molar-refractivity contribution in [3.8, 4) is 0 Å². The molecule has 0 bridgehead atoms. The van der Waals surface area contributed by atoms with Gasteiger partial charge < -0.3 is 10.6 Å². The van der Waals surface area contributed by atoms with Crippen LogP contribution in [0.15, 0.2) is 0 Å². The van der Waals surface area contributed by atoms with Crippen molar-refractivity contribution in [1.29, 1.82) is 0 Å². The Morgan fingerprint density at radius 3 is 2.15 bits per heavy atom. The zero-order valence-electron chi connectivity index (χ0n) is 9.40. The summed E-state index contributed by atoms with van der Waals surface area (Å²) in [6.07, 6.45) is 2.07. The van der Waals surface area contributed by atoms with Gasteiger partial charge in [0.2, 0.25) is 5.91 Å². The maximum Gasteiger partial charge on any atom is 0.236 e. The largest absolute Gasteiger partial charge is 0.358 e. The number of likely N-dealkylation sites (N-methyl/N-ethyl adjacent to an activating group) is 1. The Morgan fingerprint density at radius 2 is 1.85 bits per heavy atom. The summed E-state index contributed by atoms with van der Waals surface area (Å²) in [6, 6.07) is -0.116. The van der Waals surface area contributed by atoms with E-state index in [9.17, 15) is 4.79 Å². The van der Waals surface area contributed by atoms with E-state index in [-0.39, 0.29) is 17.5 Å². The number of hydrogen-bond acceptors (Lipinski definition) is 2. The maximum absolute atomic E-state index is 11.2. The molecule has 78 valence electrons. The summed E-state index contributed by atoms with van der Waals surface area (Å²) in [6.45, 7) is 8.30. The summed E-state index contributed by atoms with van der Waals surface area (Å²) in [5, 5.41) is 5.97. The second kappa shape index (κ2) is 5.22. The molecule has 0 aromatic rings. The van der Waals surface area contributed by atoms with E-state index in [0.29, 0.717) is 0 Å². The van der Waals surface area contributed by atoms with Gasteiger partial charge in [-0.05, 0) is 26.7 Å². The van der Waals surface area contributed by atoms with E-state index < -0.39 is 0 Å². The van der Waals surface area contributed by atoms with Gasteiger partial charge in [0.1, 0.15) is 0 Å². The molecule has 0 heterocycles. The Bertz CT molecular complexity index is 164. The average molecular weight is 186 g/mol. The summed E-state index contributed by atoms with van der Waals surface area (Å²) in [5.74, 6) is 0.0492. The first kappa shape index (κ1) is 12.4. The molecule has 13 heavy (non-hydrogen) atoms. The van der Waals surface area contributed by atoms with E-state index in [1.165, 1.54) is 0 Å². The number of amides is 1. The third-order valence-electron chi connectivity index (χ3n) is 2.77. The van der Waals surface area contributed by atoms with Crippen LogP contribution in [0.4, 0.5) is 0 Å². The van der Waals surface area contributed by atoms with Gasteiger partial charge in [0.05, 0.1) is 6.04 Å². The summed E-state index contributed by atoms with van der Waals surface area (Å²) in [4.78, 5) is 11.2. The number of rotatable bonds is 5. The van der Waals surface area contributed by atoms with Crippen LogP contribution in [0.25, 0.3) is 0 Å². The Balaban J connectivity index is 4.16. The molecule has 1 amide bonds. The summed E-state index contributed by atoms with van der Waals surface area (Å²) >= 11 is 0. The lowest BCUT2D eigenvalue weighted by Gasteiger charge is -2.31. The van der Waals surface area contributed by atoms with Crippen LogP contribution in [0.2, 0.25) is 0 Å². The fourth-order valence-corrected chi connectivity index (χ4v) is 1.26. The lowest BCUT2D eigenvalue weighted by atomic mass is 9.94. The standard InChI is InChI=1S/C10H22N2O/c1-6-10(4,7-2)12-8(3)9(13)11-5/h8,12H,6-7H2,1-5H3,(H,11,13). The molecule has 0 fully saturated rings. The van der Waals surface area contributed by atoms with Gasteiger partial charge in [0.15, 0.2) is 0 Å². The zero-order chi connectivity index (χ0) is 10.5. The molecule has 0 spiro atoms. The molecule has 2 N–H and O–H groups in total.